The van der Waals surface area contributed by atoms with Gasteiger partial charge >= 0.3 is 5.97 Å². The van der Waals surface area contributed by atoms with Gasteiger partial charge in [-0.05, 0) is 30.3 Å². The van der Waals surface area contributed by atoms with E-state index in [1.54, 1.807) is 0 Å². The first-order valence-electron chi connectivity index (χ1n) is 8.05. The third-order valence-corrected chi connectivity index (χ3v) is 3.88. The number of imide groups is 1. The molecular weight excluding hydrogens is 375 g/mol. The fraction of sp³-hybridized carbons (Fsp3) is 0.167. The zero-order valence-corrected chi connectivity index (χ0v) is 14.3. The van der Waals surface area contributed by atoms with Gasteiger partial charge in [-0.25, -0.2) is 4.39 Å². The van der Waals surface area contributed by atoms with Crippen LogP contribution in [0.4, 0.5) is 10.1 Å². The van der Waals surface area contributed by atoms with Crippen LogP contribution in [0.2, 0.25) is 0 Å². The van der Waals surface area contributed by atoms with Crippen molar-refractivity contribution in [3.8, 4) is 5.75 Å². The summed E-state index contributed by atoms with van der Waals surface area (Å²) >= 11 is 0. The van der Waals surface area contributed by atoms with Crippen molar-refractivity contribution >= 4 is 23.5 Å². The molecule has 2 aromatic rings. The predicted octanol–water partition coefficient (Wildman–Crippen LogP) is 1.95. The molecule has 0 bridgehead atoms. The van der Waals surface area contributed by atoms with Gasteiger partial charge in [0.25, 0.3) is 17.5 Å². The summed E-state index contributed by atoms with van der Waals surface area (Å²) in [7, 11) is 0. The molecule has 0 aromatic heterocycles. The second kappa shape index (κ2) is 7.82. The maximum atomic E-state index is 12.8. The zero-order valence-electron chi connectivity index (χ0n) is 14.3. The number of benzene rings is 2. The minimum absolute atomic E-state index is 0.00825. The van der Waals surface area contributed by atoms with Crippen molar-refractivity contribution in [1.29, 1.82) is 0 Å². The molecule has 0 fully saturated rings. The molecule has 0 radical (unpaired) electrons. The van der Waals surface area contributed by atoms with E-state index in [2.05, 4.69) is 0 Å². The summed E-state index contributed by atoms with van der Waals surface area (Å²) in [5.41, 5.74) is -0.475. The molecule has 0 N–H and O–H groups in total. The topological polar surface area (TPSA) is 116 Å². The number of nitrogens with zero attached hydrogens (tertiary/aromatic N) is 2. The predicted molar refractivity (Wildman–Crippen MR) is 91.3 cm³/mol. The maximum Gasteiger partial charge on any atom is 0.326 e. The molecule has 144 valence electrons. The van der Waals surface area contributed by atoms with E-state index in [1.807, 2.05) is 0 Å². The lowest BCUT2D eigenvalue weighted by Crippen LogP contribution is -2.36. The van der Waals surface area contributed by atoms with Gasteiger partial charge in [0.2, 0.25) is 0 Å². The molecule has 0 aliphatic carbocycles. The number of amides is 2. The van der Waals surface area contributed by atoms with Gasteiger partial charge in [-0.2, -0.15) is 0 Å². The first-order valence-corrected chi connectivity index (χ1v) is 8.05. The van der Waals surface area contributed by atoms with Gasteiger partial charge in [0.15, 0.2) is 0 Å². The number of carbonyl (C=O) groups excluding carboxylic acids is 3. The molecular formula is C18H13FN2O7. The highest BCUT2D eigenvalue weighted by Crippen LogP contribution is 2.26. The monoisotopic (exact) mass is 388 g/mol. The van der Waals surface area contributed by atoms with Crippen LogP contribution < -0.4 is 4.74 Å². The number of non-ortho nitro benzene ring substituents is 1. The van der Waals surface area contributed by atoms with Gasteiger partial charge in [-0.3, -0.25) is 29.4 Å². The summed E-state index contributed by atoms with van der Waals surface area (Å²) in [4.78, 5) is 47.2. The smallest absolute Gasteiger partial charge is 0.326 e. The van der Waals surface area contributed by atoms with Crippen LogP contribution in [0.3, 0.4) is 0 Å². The Bertz CT molecular complexity index is 959. The van der Waals surface area contributed by atoms with Crippen LogP contribution in [0, 0.1) is 15.9 Å². The Hall–Kier alpha value is -3.82. The number of nitro groups is 1. The van der Waals surface area contributed by atoms with E-state index in [0.29, 0.717) is 10.6 Å². The highest BCUT2D eigenvalue weighted by Gasteiger charge is 2.38. The van der Waals surface area contributed by atoms with Gasteiger partial charge in [0.05, 0.1) is 16.1 Å². The highest BCUT2D eigenvalue weighted by atomic mass is 19.1. The Kier molecular flexibility index (Phi) is 5.30. The van der Waals surface area contributed by atoms with E-state index in [0.717, 1.165) is 12.1 Å². The number of rotatable bonds is 7. The second-order valence-corrected chi connectivity index (χ2v) is 5.71. The molecule has 1 aliphatic rings. The summed E-state index contributed by atoms with van der Waals surface area (Å²) in [6.07, 6.45) is 0. The van der Waals surface area contributed by atoms with Crippen LogP contribution in [0.1, 0.15) is 20.7 Å². The van der Waals surface area contributed by atoms with Crippen molar-refractivity contribution in [2.45, 2.75) is 0 Å². The molecule has 0 atom stereocenters. The lowest BCUT2D eigenvalue weighted by Gasteiger charge is -2.13. The average molecular weight is 388 g/mol. The van der Waals surface area contributed by atoms with Crippen molar-refractivity contribution in [1.82, 2.24) is 4.90 Å². The van der Waals surface area contributed by atoms with Crippen molar-refractivity contribution in [2.24, 2.45) is 0 Å². The zero-order chi connectivity index (χ0) is 20.3. The van der Waals surface area contributed by atoms with Crippen LogP contribution >= 0.6 is 0 Å². The van der Waals surface area contributed by atoms with Crippen LogP contribution in [-0.2, 0) is 9.53 Å². The molecule has 3 rings (SSSR count). The Morgan fingerprint density at radius 1 is 1.04 bits per heavy atom. The molecule has 1 heterocycles. The number of hydrogen-bond donors (Lipinski definition) is 0. The van der Waals surface area contributed by atoms with Crippen molar-refractivity contribution in [3.63, 3.8) is 0 Å². The van der Waals surface area contributed by atoms with E-state index >= 15 is 0 Å². The van der Waals surface area contributed by atoms with Gasteiger partial charge < -0.3 is 9.47 Å². The lowest BCUT2D eigenvalue weighted by atomic mass is 10.1. The number of ether oxygens (including phenoxy) is 2. The summed E-state index contributed by atoms with van der Waals surface area (Å²) in [5.74, 6) is -2.39. The summed E-state index contributed by atoms with van der Waals surface area (Å²) in [6, 6.07) is 8.54. The number of halogens is 1. The van der Waals surface area contributed by atoms with E-state index in [-0.39, 0.29) is 30.0 Å². The van der Waals surface area contributed by atoms with Crippen molar-refractivity contribution < 1.29 is 33.2 Å². The largest absolute Gasteiger partial charge is 0.490 e. The number of fused-ring (bicyclic) bond motifs is 1. The molecule has 1 aliphatic heterocycles. The van der Waals surface area contributed by atoms with Crippen LogP contribution in [0.15, 0.2) is 42.5 Å². The summed E-state index contributed by atoms with van der Waals surface area (Å²) < 4.78 is 22.9. The van der Waals surface area contributed by atoms with Gasteiger partial charge in [0.1, 0.15) is 31.3 Å². The van der Waals surface area contributed by atoms with Crippen LogP contribution in [-0.4, -0.2) is 47.4 Å². The first kappa shape index (κ1) is 19.0. The fourth-order valence-electron chi connectivity index (χ4n) is 2.56. The molecule has 9 nitrogen and oxygen atoms in total. The van der Waals surface area contributed by atoms with E-state index in [9.17, 15) is 28.9 Å². The fourth-order valence-corrected chi connectivity index (χ4v) is 2.56. The Balaban J connectivity index is 1.52. The van der Waals surface area contributed by atoms with E-state index in [4.69, 9.17) is 9.47 Å². The Labute approximate surface area is 157 Å². The number of nitro benzene ring substituents is 1. The minimum Gasteiger partial charge on any atom is -0.490 e. The molecule has 0 spiro atoms. The standard InChI is InChI=1S/C18H13FN2O7/c19-11-1-4-13(5-2-11)27-7-8-28-16(22)10-20-17(23)14-6-3-12(21(25)26)9-15(14)18(20)24/h1-6,9H,7-8,10H2. The highest BCUT2D eigenvalue weighted by molar-refractivity contribution is 6.22. The second-order valence-electron chi connectivity index (χ2n) is 5.71. The van der Waals surface area contributed by atoms with Crippen molar-refractivity contribution in [2.75, 3.05) is 19.8 Å². The Morgan fingerprint density at radius 3 is 2.39 bits per heavy atom. The lowest BCUT2D eigenvalue weighted by molar-refractivity contribution is -0.384. The van der Waals surface area contributed by atoms with Gasteiger partial charge in [0, 0.05) is 12.1 Å². The maximum absolute atomic E-state index is 12.8. The van der Waals surface area contributed by atoms with Gasteiger partial charge in [-0.1, -0.05) is 0 Å². The van der Waals surface area contributed by atoms with Gasteiger partial charge in [-0.15, -0.1) is 0 Å². The third kappa shape index (κ3) is 3.95. The molecule has 0 saturated carbocycles. The molecule has 10 heteroatoms. The van der Waals surface area contributed by atoms with Crippen LogP contribution in [0.5, 0.6) is 5.75 Å². The molecule has 0 saturated heterocycles. The number of carbonyl (C=O) groups is 3. The van der Waals surface area contributed by atoms with Crippen molar-refractivity contribution in [3.05, 3.63) is 69.5 Å². The average Bonchev–Trinajstić information content (AvgIpc) is 2.91. The quantitative estimate of drug-likeness (QED) is 0.234. The molecule has 2 aromatic carbocycles. The van der Waals surface area contributed by atoms with E-state index in [1.165, 1.54) is 30.3 Å². The molecule has 0 unspecified atom stereocenters. The number of hydrogen-bond acceptors (Lipinski definition) is 7. The summed E-state index contributed by atoms with van der Waals surface area (Å²) in [6.45, 7) is -0.784. The minimum atomic E-state index is -0.841. The Morgan fingerprint density at radius 2 is 1.71 bits per heavy atom. The third-order valence-electron chi connectivity index (χ3n) is 3.88. The number of esters is 1. The summed E-state index contributed by atoms with van der Waals surface area (Å²) in [5, 5.41) is 10.8. The molecule has 2 amide bonds. The first-order chi connectivity index (χ1) is 13.4. The molecule has 28 heavy (non-hydrogen) atoms. The SMILES string of the molecule is O=C(CN1C(=O)c2ccc([N+](=O)[O-])cc2C1=O)OCCOc1ccc(F)cc1. The van der Waals surface area contributed by atoms with E-state index < -0.39 is 35.1 Å². The van der Waals surface area contributed by atoms with Crippen LogP contribution in [0.25, 0.3) is 0 Å². The normalized spacial score (nSPS) is 12.7.